The van der Waals surface area contributed by atoms with E-state index in [9.17, 15) is 18.0 Å². The molecule has 1 fully saturated rings. The van der Waals surface area contributed by atoms with Crippen LogP contribution in [0.25, 0.3) is 0 Å². The molecule has 1 aliphatic rings. The number of carbonyl (C=O) groups is 2. The van der Waals surface area contributed by atoms with E-state index >= 15 is 0 Å². The molecule has 0 aliphatic heterocycles. The molecule has 0 spiro atoms. The van der Waals surface area contributed by atoms with Crippen molar-refractivity contribution in [3.05, 3.63) is 30.3 Å². The highest BCUT2D eigenvalue weighted by atomic mass is 32.2. The van der Waals surface area contributed by atoms with E-state index in [-0.39, 0.29) is 35.8 Å². The Labute approximate surface area is 173 Å². The van der Waals surface area contributed by atoms with Crippen molar-refractivity contribution in [2.75, 3.05) is 20.2 Å². The van der Waals surface area contributed by atoms with Gasteiger partial charge >= 0.3 is 11.9 Å². The number of nitrogens with zero attached hydrogens (tertiary/aromatic N) is 1. The zero-order chi connectivity index (χ0) is 21.7. The van der Waals surface area contributed by atoms with Gasteiger partial charge in [0.25, 0.3) is 0 Å². The second-order valence-electron chi connectivity index (χ2n) is 8.44. The van der Waals surface area contributed by atoms with Crippen LogP contribution in [0, 0.1) is 11.8 Å². The fourth-order valence-electron chi connectivity index (χ4n) is 3.54. The molecule has 0 unspecified atom stereocenters. The molecule has 1 aromatic carbocycles. The molecular formula is C21H31NO6S. The number of methoxy groups -OCH3 is 1. The zero-order valence-corrected chi connectivity index (χ0v) is 18.4. The van der Waals surface area contributed by atoms with Gasteiger partial charge in [-0.1, -0.05) is 18.2 Å². The molecule has 1 aromatic rings. The molecule has 0 heterocycles. The second-order valence-corrected chi connectivity index (χ2v) is 10.4. The molecule has 0 atom stereocenters. The molecular weight excluding hydrogens is 394 g/mol. The highest BCUT2D eigenvalue weighted by Crippen LogP contribution is 2.31. The van der Waals surface area contributed by atoms with Crippen molar-refractivity contribution in [2.24, 2.45) is 11.8 Å². The van der Waals surface area contributed by atoms with Crippen molar-refractivity contribution >= 4 is 22.0 Å². The fourth-order valence-corrected chi connectivity index (χ4v) is 5.02. The summed E-state index contributed by atoms with van der Waals surface area (Å²) >= 11 is 0. The maximum atomic E-state index is 13.2. The van der Waals surface area contributed by atoms with Gasteiger partial charge in [-0.3, -0.25) is 9.59 Å². The Morgan fingerprint density at radius 1 is 1.07 bits per heavy atom. The minimum absolute atomic E-state index is 0.0665. The Bertz CT molecular complexity index is 792. The standard InChI is InChI=1S/C21H31NO6S/c1-21(2,3)28-19(23)15-22(29(25,26)18-8-6-5-7-9-18)14-16-10-12-17(13-11-16)20(24)27-4/h5-9,16-17H,10-15H2,1-4H3/t16-,17-. The number of carbonyl (C=O) groups excluding carboxylic acids is 2. The van der Waals surface area contributed by atoms with E-state index in [2.05, 4.69) is 0 Å². The number of esters is 2. The van der Waals surface area contributed by atoms with Gasteiger partial charge in [0.2, 0.25) is 10.0 Å². The normalized spacial score (nSPS) is 20.3. The van der Waals surface area contributed by atoms with Crippen LogP contribution in [0.4, 0.5) is 0 Å². The monoisotopic (exact) mass is 425 g/mol. The summed E-state index contributed by atoms with van der Waals surface area (Å²) in [7, 11) is -2.47. The third-order valence-electron chi connectivity index (χ3n) is 4.95. The van der Waals surface area contributed by atoms with Gasteiger partial charge in [-0.15, -0.1) is 0 Å². The van der Waals surface area contributed by atoms with Crippen molar-refractivity contribution in [1.29, 1.82) is 0 Å². The Hall–Kier alpha value is -1.93. The Kier molecular flexibility index (Phi) is 7.82. The van der Waals surface area contributed by atoms with Crippen LogP contribution in [0.1, 0.15) is 46.5 Å². The maximum absolute atomic E-state index is 13.2. The summed E-state index contributed by atoms with van der Waals surface area (Å²) < 4.78 is 37.7. The lowest BCUT2D eigenvalue weighted by atomic mass is 9.82. The number of rotatable bonds is 7. The SMILES string of the molecule is COC(=O)[C@H]1CC[C@H](CN(CC(=O)OC(C)(C)C)S(=O)(=O)c2ccccc2)CC1. The lowest BCUT2D eigenvalue weighted by Crippen LogP contribution is -2.42. The minimum Gasteiger partial charge on any atom is -0.469 e. The van der Waals surface area contributed by atoms with Crippen LogP contribution in [0.15, 0.2) is 35.2 Å². The third kappa shape index (κ3) is 6.82. The molecule has 1 saturated carbocycles. The molecule has 29 heavy (non-hydrogen) atoms. The summed E-state index contributed by atoms with van der Waals surface area (Å²) in [5.41, 5.74) is -0.697. The van der Waals surface area contributed by atoms with Gasteiger partial charge < -0.3 is 9.47 Å². The largest absolute Gasteiger partial charge is 0.469 e. The van der Waals surface area contributed by atoms with E-state index in [1.165, 1.54) is 23.5 Å². The van der Waals surface area contributed by atoms with E-state index in [4.69, 9.17) is 9.47 Å². The second kappa shape index (κ2) is 9.71. The van der Waals surface area contributed by atoms with Gasteiger partial charge in [0, 0.05) is 6.54 Å². The summed E-state index contributed by atoms with van der Waals surface area (Å²) in [6.45, 7) is 5.11. The van der Waals surface area contributed by atoms with Gasteiger partial charge in [0.1, 0.15) is 12.1 Å². The smallest absolute Gasteiger partial charge is 0.321 e. The van der Waals surface area contributed by atoms with Gasteiger partial charge in [-0.2, -0.15) is 4.31 Å². The lowest BCUT2D eigenvalue weighted by molar-refractivity contribution is -0.155. The molecule has 0 saturated heterocycles. The van der Waals surface area contributed by atoms with Gasteiger partial charge in [0.05, 0.1) is 17.9 Å². The maximum Gasteiger partial charge on any atom is 0.321 e. The Morgan fingerprint density at radius 3 is 2.17 bits per heavy atom. The third-order valence-corrected chi connectivity index (χ3v) is 6.78. The molecule has 0 amide bonds. The van der Waals surface area contributed by atoms with Crippen LogP contribution in [0.2, 0.25) is 0 Å². The average molecular weight is 426 g/mol. The fraction of sp³-hybridized carbons (Fsp3) is 0.619. The molecule has 162 valence electrons. The minimum atomic E-state index is -3.84. The predicted octanol–water partition coefficient (Wildman–Crippen LogP) is 3.00. The summed E-state index contributed by atoms with van der Waals surface area (Å²) in [6, 6.07) is 8.09. The van der Waals surface area contributed by atoms with Crippen LogP contribution in [-0.4, -0.2) is 50.5 Å². The number of ether oxygens (including phenoxy) is 2. The van der Waals surface area contributed by atoms with Gasteiger partial charge in [-0.05, 0) is 64.5 Å². The van der Waals surface area contributed by atoms with Crippen LogP contribution in [-0.2, 0) is 29.1 Å². The van der Waals surface area contributed by atoms with Gasteiger partial charge in [-0.25, -0.2) is 8.42 Å². The Balaban J connectivity index is 2.15. The van der Waals surface area contributed by atoms with Crippen molar-refractivity contribution in [3.63, 3.8) is 0 Å². The van der Waals surface area contributed by atoms with Crippen LogP contribution in [0.5, 0.6) is 0 Å². The summed E-state index contributed by atoms with van der Waals surface area (Å²) in [6.07, 6.45) is 2.72. The summed E-state index contributed by atoms with van der Waals surface area (Å²) in [5, 5.41) is 0. The number of benzene rings is 1. The molecule has 2 rings (SSSR count). The first-order valence-corrected chi connectivity index (χ1v) is 11.3. The average Bonchev–Trinajstić information content (AvgIpc) is 2.66. The molecule has 0 radical (unpaired) electrons. The van der Waals surface area contributed by atoms with Crippen LogP contribution >= 0.6 is 0 Å². The van der Waals surface area contributed by atoms with Gasteiger partial charge in [0.15, 0.2) is 0 Å². The van der Waals surface area contributed by atoms with Crippen molar-refractivity contribution < 1.29 is 27.5 Å². The molecule has 7 nitrogen and oxygen atoms in total. The molecule has 1 aliphatic carbocycles. The Morgan fingerprint density at radius 2 is 1.66 bits per heavy atom. The first kappa shape index (κ1) is 23.3. The first-order valence-electron chi connectivity index (χ1n) is 9.88. The number of sulfonamides is 1. The van der Waals surface area contributed by atoms with E-state index in [0.29, 0.717) is 25.7 Å². The topological polar surface area (TPSA) is 90.0 Å². The molecule has 8 heteroatoms. The van der Waals surface area contributed by atoms with Crippen molar-refractivity contribution in [3.8, 4) is 0 Å². The molecule has 0 aromatic heterocycles. The zero-order valence-electron chi connectivity index (χ0n) is 17.6. The molecule has 0 bridgehead atoms. The van der Waals surface area contributed by atoms with E-state index in [1.54, 1.807) is 39.0 Å². The van der Waals surface area contributed by atoms with E-state index < -0.39 is 21.6 Å². The highest BCUT2D eigenvalue weighted by Gasteiger charge is 2.33. The number of hydrogen-bond acceptors (Lipinski definition) is 6. The van der Waals surface area contributed by atoms with E-state index in [1.807, 2.05) is 0 Å². The summed E-state index contributed by atoms with van der Waals surface area (Å²) in [5.74, 6) is -0.871. The highest BCUT2D eigenvalue weighted by molar-refractivity contribution is 7.89. The summed E-state index contributed by atoms with van der Waals surface area (Å²) in [4.78, 5) is 24.3. The van der Waals surface area contributed by atoms with Crippen LogP contribution < -0.4 is 0 Å². The lowest BCUT2D eigenvalue weighted by Gasteiger charge is -2.31. The predicted molar refractivity (Wildman–Crippen MR) is 109 cm³/mol. The van der Waals surface area contributed by atoms with Crippen molar-refractivity contribution in [2.45, 2.75) is 57.0 Å². The van der Waals surface area contributed by atoms with Crippen LogP contribution in [0.3, 0.4) is 0 Å². The molecule has 0 N–H and O–H groups in total. The number of hydrogen-bond donors (Lipinski definition) is 0. The van der Waals surface area contributed by atoms with Crippen molar-refractivity contribution in [1.82, 2.24) is 4.31 Å². The first-order chi connectivity index (χ1) is 13.5. The quantitative estimate of drug-likeness (QED) is 0.624. The van der Waals surface area contributed by atoms with E-state index in [0.717, 1.165) is 0 Å².